The van der Waals surface area contributed by atoms with E-state index in [1.54, 1.807) is 18.2 Å². The van der Waals surface area contributed by atoms with Crippen LogP contribution in [0.4, 0.5) is 11.6 Å². The van der Waals surface area contributed by atoms with Crippen molar-refractivity contribution in [3.05, 3.63) is 46.2 Å². The molecule has 0 unspecified atom stereocenters. The second-order valence-corrected chi connectivity index (χ2v) is 5.44. The summed E-state index contributed by atoms with van der Waals surface area (Å²) in [7, 11) is 0. The third-order valence-corrected chi connectivity index (χ3v) is 3.56. The number of hydrogen-bond donors (Lipinski definition) is 2. The van der Waals surface area contributed by atoms with Gasteiger partial charge in [-0.1, -0.05) is 42.6 Å². The largest absolute Gasteiger partial charge is 0.352 e. The predicted molar refractivity (Wildman–Crippen MR) is 89.0 cm³/mol. The minimum atomic E-state index is -0.184. The first-order valence-electron chi connectivity index (χ1n) is 6.93. The number of hydrogen-bond acceptors (Lipinski definition) is 4. The number of halogens is 2. The predicted octanol–water partition coefficient (Wildman–Crippen LogP) is 4.06. The molecule has 0 bridgehead atoms. The molecule has 1 aromatic carbocycles. The van der Waals surface area contributed by atoms with Crippen molar-refractivity contribution in [3.63, 3.8) is 0 Å². The van der Waals surface area contributed by atoms with Crippen LogP contribution in [0.15, 0.2) is 30.6 Å². The molecule has 1 amide bonds. The maximum absolute atomic E-state index is 11.8. The standard InChI is InChI=1S/C15H16Cl2N4O/c1-2-3-7-18-14(22)10-8-19-15(20-9-10)21-13-11(16)5-4-6-12(13)17/h4-6,8-9H,2-3,7H2,1H3,(H,18,22)(H,19,20,21). The van der Waals surface area contributed by atoms with Gasteiger partial charge in [-0.15, -0.1) is 0 Å². The molecular weight excluding hydrogens is 323 g/mol. The fraction of sp³-hybridized carbons (Fsp3) is 0.267. The van der Waals surface area contributed by atoms with Gasteiger partial charge in [-0.3, -0.25) is 4.79 Å². The minimum absolute atomic E-state index is 0.184. The number of anilines is 2. The Hall–Kier alpha value is -1.85. The van der Waals surface area contributed by atoms with E-state index in [-0.39, 0.29) is 5.91 Å². The van der Waals surface area contributed by atoms with Crippen molar-refractivity contribution in [3.8, 4) is 0 Å². The van der Waals surface area contributed by atoms with Gasteiger partial charge in [0, 0.05) is 18.9 Å². The molecule has 0 aliphatic heterocycles. The van der Waals surface area contributed by atoms with Crippen molar-refractivity contribution in [2.75, 3.05) is 11.9 Å². The number of nitrogens with one attached hydrogen (secondary N) is 2. The fourth-order valence-corrected chi connectivity index (χ4v) is 2.21. The molecule has 1 heterocycles. The lowest BCUT2D eigenvalue weighted by molar-refractivity contribution is 0.0952. The quantitative estimate of drug-likeness (QED) is 0.779. The number of rotatable bonds is 6. The van der Waals surface area contributed by atoms with E-state index < -0.39 is 0 Å². The number of amides is 1. The maximum atomic E-state index is 11.8. The SMILES string of the molecule is CCCCNC(=O)c1cnc(Nc2c(Cl)cccc2Cl)nc1. The summed E-state index contributed by atoms with van der Waals surface area (Å²) < 4.78 is 0. The maximum Gasteiger partial charge on any atom is 0.254 e. The van der Waals surface area contributed by atoms with Crippen LogP contribution in [0, 0.1) is 0 Å². The van der Waals surface area contributed by atoms with Gasteiger partial charge in [0.05, 0.1) is 21.3 Å². The summed E-state index contributed by atoms with van der Waals surface area (Å²) in [6.07, 6.45) is 4.89. The lowest BCUT2D eigenvalue weighted by Gasteiger charge is -2.09. The minimum Gasteiger partial charge on any atom is -0.352 e. The van der Waals surface area contributed by atoms with Gasteiger partial charge in [0.2, 0.25) is 5.95 Å². The molecule has 7 heteroatoms. The summed E-state index contributed by atoms with van der Waals surface area (Å²) in [5.74, 6) is 0.135. The summed E-state index contributed by atoms with van der Waals surface area (Å²) in [5, 5.41) is 6.69. The first-order chi connectivity index (χ1) is 10.6. The number of carbonyl (C=O) groups excluding carboxylic acids is 1. The van der Waals surface area contributed by atoms with Crippen LogP contribution in [0.1, 0.15) is 30.1 Å². The van der Waals surface area contributed by atoms with Crippen LogP contribution < -0.4 is 10.6 Å². The number of aromatic nitrogens is 2. The molecule has 0 radical (unpaired) electrons. The zero-order valence-electron chi connectivity index (χ0n) is 12.1. The van der Waals surface area contributed by atoms with Crippen molar-refractivity contribution in [2.24, 2.45) is 0 Å². The van der Waals surface area contributed by atoms with Crippen LogP contribution in [0.3, 0.4) is 0 Å². The summed E-state index contributed by atoms with van der Waals surface area (Å²) in [4.78, 5) is 20.1. The summed E-state index contributed by atoms with van der Waals surface area (Å²) in [6, 6.07) is 5.18. The van der Waals surface area contributed by atoms with Gasteiger partial charge in [0.25, 0.3) is 5.91 Å². The number of carbonyl (C=O) groups is 1. The molecular formula is C15H16Cl2N4O. The van der Waals surface area contributed by atoms with E-state index in [1.807, 2.05) is 0 Å². The first-order valence-corrected chi connectivity index (χ1v) is 7.68. The fourth-order valence-electron chi connectivity index (χ4n) is 1.72. The van der Waals surface area contributed by atoms with Gasteiger partial charge in [0.1, 0.15) is 0 Å². The third-order valence-electron chi connectivity index (χ3n) is 2.93. The highest BCUT2D eigenvalue weighted by Gasteiger charge is 2.09. The highest BCUT2D eigenvalue weighted by atomic mass is 35.5. The van der Waals surface area contributed by atoms with Crippen LogP contribution in [0.5, 0.6) is 0 Å². The molecule has 0 spiro atoms. The van der Waals surface area contributed by atoms with E-state index in [0.29, 0.717) is 33.8 Å². The third kappa shape index (κ3) is 4.32. The van der Waals surface area contributed by atoms with Crippen molar-refractivity contribution in [2.45, 2.75) is 19.8 Å². The van der Waals surface area contributed by atoms with E-state index >= 15 is 0 Å². The second kappa shape index (κ2) is 7.96. The molecule has 0 atom stereocenters. The van der Waals surface area contributed by atoms with E-state index in [4.69, 9.17) is 23.2 Å². The van der Waals surface area contributed by atoms with Gasteiger partial charge >= 0.3 is 0 Å². The summed E-state index contributed by atoms with van der Waals surface area (Å²) in [5.41, 5.74) is 0.942. The smallest absolute Gasteiger partial charge is 0.254 e. The lowest BCUT2D eigenvalue weighted by atomic mass is 10.3. The Morgan fingerprint density at radius 2 is 1.82 bits per heavy atom. The van der Waals surface area contributed by atoms with Gasteiger partial charge in [-0.25, -0.2) is 9.97 Å². The Labute approximate surface area is 139 Å². The molecule has 0 fully saturated rings. The molecule has 2 rings (SSSR count). The Morgan fingerprint density at radius 3 is 2.41 bits per heavy atom. The molecule has 22 heavy (non-hydrogen) atoms. The van der Waals surface area contributed by atoms with Crippen molar-refractivity contribution >= 4 is 40.7 Å². The Kier molecular flexibility index (Phi) is 5.98. The molecule has 2 aromatic rings. The number of unbranched alkanes of at least 4 members (excludes halogenated alkanes) is 1. The van der Waals surface area contributed by atoms with Crippen LogP contribution in [-0.2, 0) is 0 Å². The molecule has 5 nitrogen and oxygen atoms in total. The van der Waals surface area contributed by atoms with Gasteiger partial charge in [-0.05, 0) is 18.6 Å². The Bertz CT molecular complexity index is 626. The second-order valence-electron chi connectivity index (χ2n) is 4.63. The number of para-hydroxylation sites is 1. The Balaban J connectivity index is 2.04. The average molecular weight is 339 g/mol. The molecule has 116 valence electrons. The lowest BCUT2D eigenvalue weighted by Crippen LogP contribution is -2.24. The van der Waals surface area contributed by atoms with Gasteiger partial charge in [-0.2, -0.15) is 0 Å². The molecule has 0 saturated carbocycles. The average Bonchev–Trinajstić information content (AvgIpc) is 2.52. The number of nitrogens with zero attached hydrogens (tertiary/aromatic N) is 2. The van der Waals surface area contributed by atoms with Crippen molar-refractivity contribution in [1.82, 2.24) is 15.3 Å². The Morgan fingerprint density at radius 1 is 1.18 bits per heavy atom. The molecule has 0 aliphatic carbocycles. The van der Waals surface area contributed by atoms with Gasteiger partial charge < -0.3 is 10.6 Å². The zero-order valence-corrected chi connectivity index (χ0v) is 13.6. The van der Waals surface area contributed by atoms with E-state index in [0.717, 1.165) is 12.8 Å². The van der Waals surface area contributed by atoms with Crippen LogP contribution in [0.2, 0.25) is 10.0 Å². The monoisotopic (exact) mass is 338 g/mol. The molecule has 2 N–H and O–H groups in total. The molecule has 0 saturated heterocycles. The molecule has 0 aliphatic rings. The van der Waals surface area contributed by atoms with Crippen molar-refractivity contribution < 1.29 is 4.79 Å². The van der Waals surface area contributed by atoms with E-state index in [9.17, 15) is 4.79 Å². The topological polar surface area (TPSA) is 66.9 Å². The van der Waals surface area contributed by atoms with Crippen LogP contribution in [-0.4, -0.2) is 22.4 Å². The van der Waals surface area contributed by atoms with Crippen LogP contribution in [0.25, 0.3) is 0 Å². The summed E-state index contributed by atoms with van der Waals surface area (Å²) >= 11 is 12.1. The van der Waals surface area contributed by atoms with E-state index in [1.165, 1.54) is 12.4 Å². The van der Waals surface area contributed by atoms with Gasteiger partial charge in [0.15, 0.2) is 0 Å². The normalized spacial score (nSPS) is 10.3. The zero-order chi connectivity index (χ0) is 15.9. The van der Waals surface area contributed by atoms with Crippen LogP contribution >= 0.6 is 23.2 Å². The highest BCUT2D eigenvalue weighted by molar-refractivity contribution is 6.39. The van der Waals surface area contributed by atoms with Crippen molar-refractivity contribution in [1.29, 1.82) is 0 Å². The highest BCUT2D eigenvalue weighted by Crippen LogP contribution is 2.31. The van der Waals surface area contributed by atoms with E-state index in [2.05, 4.69) is 27.5 Å². The summed E-state index contributed by atoms with van der Waals surface area (Å²) in [6.45, 7) is 2.71. The number of benzene rings is 1. The molecule has 1 aromatic heterocycles. The first kappa shape index (κ1) is 16.5.